The van der Waals surface area contributed by atoms with Crippen molar-refractivity contribution in [3.63, 3.8) is 0 Å². The van der Waals surface area contributed by atoms with Crippen LogP contribution in [0.2, 0.25) is 5.02 Å². The molecule has 104 valence electrons. The molecule has 0 aliphatic carbocycles. The molecule has 0 amide bonds. The molecule has 0 atom stereocenters. The largest absolute Gasteiger partial charge is 0.462 e. The molecule has 2 aromatic rings. The first-order chi connectivity index (χ1) is 9.58. The first-order valence-electron chi connectivity index (χ1n) is 5.71. The molecule has 0 spiro atoms. The van der Waals surface area contributed by atoms with Crippen LogP contribution in [-0.4, -0.2) is 17.5 Å². The molecule has 7 heteroatoms. The fourth-order valence-electron chi connectivity index (χ4n) is 1.56. The predicted octanol–water partition coefficient (Wildman–Crippen LogP) is 3.71. The Kier molecular flexibility index (Phi) is 4.70. The zero-order valence-corrected chi connectivity index (χ0v) is 11.8. The normalized spacial score (nSPS) is 10.2. The Balaban J connectivity index is 2.01. The number of ether oxygens (including phenoxy) is 1. The van der Waals surface area contributed by atoms with Gasteiger partial charge in [-0.25, -0.2) is 4.79 Å². The third-order valence-electron chi connectivity index (χ3n) is 2.54. The first-order valence-corrected chi connectivity index (χ1v) is 6.97. The van der Waals surface area contributed by atoms with E-state index in [1.165, 1.54) is 12.1 Å². The van der Waals surface area contributed by atoms with Gasteiger partial charge in [-0.05, 0) is 17.5 Å². The molecule has 1 aromatic heterocycles. The SMILES string of the molecule is O=C(OCCc1cccs1)c1cc([N+](=O)[O-])ccc1Cl. The van der Waals surface area contributed by atoms with Crippen molar-refractivity contribution in [1.82, 2.24) is 0 Å². The molecular weight excluding hydrogens is 302 g/mol. The van der Waals surface area contributed by atoms with Gasteiger partial charge in [0.25, 0.3) is 5.69 Å². The molecule has 0 fully saturated rings. The standard InChI is InChI=1S/C13H10ClNO4S/c14-12-4-3-9(15(17)18)8-11(12)13(16)19-6-5-10-2-1-7-20-10/h1-4,7-8H,5-6H2. The van der Waals surface area contributed by atoms with Crippen LogP contribution in [-0.2, 0) is 11.2 Å². The first kappa shape index (κ1) is 14.5. The summed E-state index contributed by atoms with van der Waals surface area (Å²) < 4.78 is 5.08. The molecule has 0 saturated carbocycles. The lowest BCUT2D eigenvalue weighted by Gasteiger charge is -2.05. The van der Waals surface area contributed by atoms with Gasteiger partial charge in [0, 0.05) is 23.4 Å². The lowest BCUT2D eigenvalue weighted by atomic mass is 10.2. The molecule has 20 heavy (non-hydrogen) atoms. The van der Waals surface area contributed by atoms with Crippen LogP contribution in [0.5, 0.6) is 0 Å². The van der Waals surface area contributed by atoms with Crippen LogP contribution in [0, 0.1) is 10.1 Å². The van der Waals surface area contributed by atoms with Crippen LogP contribution in [0.15, 0.2) is 35.7 Å². The number of nitro benzene ring substituents is 1. The molecule has 0 aliphatic heterocycles. The molecule has 0 radical (unpaired) electrons. The second-order valence-corrected chi connectivity index (χ2v) is 5.33. The predicted molar refractivity (Wildman–Crippen MR) is 76.4 cm³/mol. The van der Waals surface area contributed by atoms with E-state index in [2.05, 4.69) is 0 Å². The van der Waals surface area contributed by atoms with E-state index >= 15 is 0 Å². The summed E-state index contributed by atoms with van der Waals surface area (Å²) in [6.07, 6.45) is 0.607. The van der Waals surface area contributed by atoms with Crippen molar-refractivity contribution in [3.05, 3.63) is 61.3 Å². The number of nitrogens with zero attached hydrogens (tertiary/aromatic N) is 1. The van der Waals surface area contributed by atoms with Gasteiger partial charge >= 0.3 is 5.97 Å². The molecule has 0 N–H and O–H groups in total. The monoisotopic (exact) mass is 311 g/mol. The third-order valence-corrected chi connectivity index (χ3v) is 3.81. The van der Waals surface area contributed by atoms with E-state index in [4.69, 9.17) is 16.3 Å². The Morgan fingerprint density at radius 3 is 2.85 bits per heavy atom. The summed E-state index contributed by atoms with van der Waals surface area (Å²) in [5.74, 6) is -0.657. The number of carbonyl (C=O) groups is 1. The average Bonchev–Trinajstić information content (AvgIpc) is 2.92. The summed E-state index contributed by atoms with van der Waals surface area (Å²) in [4.78, 5) is 23.0. The van der Waals surface area contributed by atoms with E-state index in [0.717, 1.165) is 10.9 Å². The van der Waals surface area contributed by atoms with Crippen molar-refractivity contribution < 1.29 is 14.5 Å². The number of non-ortho nitro benzene ring substituents is 1. The van der Waals surface area contributed by atoms with Crippen molar-refractivity contribution in [2.45, 2.75) is 6.42 Å². The van der Waals surface area contributed by atoms with Gasteiger partial charge in [-0.15, -0.1) is 11.3 Å². The van der Waals surface area contributed by atoms with Gasteiger partial charge in [-0.3, -0.25) is 10.1 Å². The van der Waals surface area contributed by atoms with Gasteiger partial charge in [-0.2, -0.15) is 0 Å². The van der Waals surface area contributed by atoms with E-state index in [9.17, 15) is 14.9 Å². The fraction of sp³-hybridized carbons (Fsp3) is 0.154. The third kappa shape index (κ3) is 3.55. The topological polar surface area (TPSA) is 69.4 Å². The van der Waals surface area contributed by atoms with Gasteiger partial charge in [0.05, 0.1) is 22.1 Å². The molecule has 0 aliphatic rings. The summed E-state index contributed by atoms with van der Waals surface area (Å²) >= 11 is 7.43. The van der Waals surface area contributed by atoms with E-state index in [1.54, 1.807) is 11.3 Å². The van der Waals surface area contributed by atoms with E-state index < -0.39 is 10.9 Å². The molecule has 5 nitrogen and oxygen atoms in total. The van der Waals surface area contributed by atoms with Crippen LogP contribution in [0.3, 0.4) is 0 Å². The summed E-state index contributed by atoms with van der Waals surface area (Å²) in [5.41, 5.74) is -0.188. The van der Waals surface area contributed by atoms with Gasteiger partial charge in [-0.1, -0.05) is 17.7 Å². The van der Waals surface area contributed by atoms with Crippen LogP contribution >= 0.6 is 22.9 Å². The highest BCUT2D eigenvalue weighted by Crippen LogP contribution is 2.22. The zero-order chi connectivity index (χ0) is 14.5. The van der Waals surface area contributed by atoms with E-state index in [-0.39, 0.29) is 22.9 Å². The summed E-state index contributed by atoms with van der Waals surface area (Å²) in [5, 5.41) is 12.7. The number of carbonyl (C=O) groups excluding carboxylic acids is 1. The van der Waals surface area contributed by atoms with Crippen molar-refractivity contribution in [3.8, 4) is 0 Å². The zero-order valence-electron chi connectivity index (χ0n) is 10.2. The number of thiophene rings is 1. The molecule has 0 unspecified atom stereocenters. The molecular formula is C13H10ClNO4S. The number of hydrogen-bond donors (Lipinski definition) is 0. The fourth-order valence-corrected chi connectivity index (χ4v) is 2.45. The maximum absolute atomic E-state index is 11.8. The van der Waals surface area contributed by atoms with Crippen molar-refractivity contribution in [2.75, 3.05) is 6.61 Å². The average molecular weight is 312 g/mol. The number of nitro groups is 1. The number of hydrogen-bond acceptors (Lipinski definition) is 5. The maximum Gasteiger partial charge on any atom is 0.339 e. The molecule has 1 aromatic carbocycles. The lowest BCUT2D eigenvalue weighted by molar-refractivity contribution is -0.384. The summed E-state index contributed by atoms with van der Waals surface area (Å²) in [6.45, 7) is 0.207. The Morgan fingerprint density at radius 1 is 1.40 bits per heavy atom. The van der Waals surface area contributed by atoms with Gasteiger partial charge in [0.1, 0.15) is 0 Å². The highest BCUT2D eigenvalue weighted by Gasteiger charge is 2.16. The Bertz CT molecular complexity index is 627. The minimum atomic E-state index is -0.657. The van der Waals surface area contributed by atoms with E-state index in [0.29, 0.717) is 6.42 Å². The van der Waals surface area contributed by atoms with Crippen LogP contribution in [0.25, 0.3) is 0 Å². The minimum Gasteiger partial charge on any atom is -0.462 e. The van der Waals surface area contributed by atoms with Crippen LogP contribution in [0.4, 0.5) is 5.69 Å². The van der Waals surface area contributed by atoms with Crippen LogP contribution < -0.4 is 0 Å². The minimum absolute atomic E-state index is 0.00652. The van der Waals surface area contributed by atoms with Gasteiger partial charge < -0.3 is 4.74 Å². The van der Waals surface area contributed by atoms with Crippen LogP contribution in [0.1, 0.15) is 15.2 Å². The number of rotatable bonds is 5. The second-order valence-electron chi connectivity index (χ2n) is 3.89. The smallest absolute Gasteiger partial charge is 0.339 e. The number of esters is 1. The van der Waals surface area contributed by atoms with Crippen molar-refractivity contribution in [1.29, 1.82) is 0 Å². The molecule has 0 saturated heterocycles. The van der Waals surface area contributed by atoms with Crippen molar-refractivity contribution >= 4 is 34.6 Å². The Hall–Kier alpha value is -1.92. The Labute approximate surface area is 123 Å². The molecule has 1 heterocycles. The van der Waals surface area contributed by atoms with Gasteiger partial charge in [0.15, 0.2) is 0 Å². The highest BCUT2D eigenvalue weighted by molar-refractivity contribution is 7.09. The Morgan fingerprint density at radius 2 is 2.20 bits per heavy atom. The number of halogens is 1. The van der Waals surface area contributed by atoms with Gasteiger partial charge in [0.2, 0.25) is 0 Å². The maximum atomic E-state index is 11.8. The highest BCUT2D eigenvalue weighted by atomic mass is 35.5. The summed E-state index contributed by atoms with van der Waals surface area (Å²) in [7, 11) is 0. The molecule has 2 rings (SSSR count). The molecule has 0 bridgehead atoms. The quantitative estimate of drug-likeness (QED) is 0.479. The van der Waals surface area contributed by atoms with Crippen molar-refractivity contribution in [2.24, 2.45) is 0 Å². The number of benzene rings is 1. The lowest BCUT2D eigenvalue weighted by Crippen LogP contribution is -2.09. The van der Waals surface area contributed by atoms with E-state index in [1.807, 2.05) is 17.5 Å². The second kappa shape index (κ2) is 6.49. The summed E-state index contributed by atoms with van der Waals surface area (Å²) in [6, 6.07) is 7.54.